The van der Waals surface area contributed by atoms with Gasteiger partial charge in [-0.2, -0.15) is 0 Å². The van der Waals surface area contributed by atoms with Crippen molar-refractivity contribution in [3.8, 4) is 0 Å². The predicted octanol–water partition coefficient (Wildman–Crippen LogP) is 3.60. The molecule has 2 rings (SSSR count). The van der Waals surface area contributed by atoms with Gasteiger partial charge in [-0.25, -0.2) is 0 Å². The van der Waals surface area contributed by atoms with Crippen LogP contribution in [0.25, 0.3) is 0 Å². The highest BCUT2D eigenvalue weighted by Crippen LogP contribution is 2.60. The fraction of sp³-hybridized carbons (Fsp3) is 0.611. The molecule has 0 N–H and O–H groups in total. The Morgan fingerprint density at radius 1 is 1.35 bits per heavy atom. The molecule has 0 saturated carbocycles. The minimum atomic E-state index is -2.59. The first-order valence-electron chi connectivity index (χ1n) is 8.36. The minimum absolute atomic E-state index is 0.297. The lowest BCUT2D eigenvalue weighted by Crippen LogP contribution is -2.54. The molecule has 1 saturated heterocycles. The first-order chi connectivity index (χ1) is 10.9. The summed E-state index contributed by atoms with van der Waals surface area (Å²) in [5, 5.41) is -0.842. The van der Waals surface area contributed by atoms with Crippen molar-refractivity contribution in [2.45, 2.75) is 37.9 Å². The highest BCUT2D eigenvalue weighted by atomic mass is 31.2. The van der Waals surface area contributed by atoms with Crippen LogP contribution in [-0.4, -0.2) is 49.1 Å². The molecule has 1 aromatic rings. The number of hydrogen-bond acceptors (Lipinski definition) is 4. The maximum absolute atomic E-state index is 13.3. The lowest BCUT2D eigenvalue weighted by molar-refractivity contribution is -0.145. The van der Waals surface area contributed by atoms with Crippen LogP contribution in [0.4, 0.5) is 0 Å². The van der Waals surface area contributed by atoms with Gasteiger partial charge in [0.2, 0.25) is 0 Å². The van der Waals surface area contributed by atoms with E-state index in [1.165, 1.54) is 12.7 Å². The first-order valence-corrected chi connectivity index (χ1v) is 10.7. The molecule has 5 heteroatoms. The zero-order valence-corrected chi connectivity index (χ0v) is 15.4. The predicted molar refractivity (Wildman–Crippen MR) is 94.4 cm³/mol. The Morgan fingerprint density at radius 3 is 2.65 bits per heavy atom. The molecule has 1 aromatic carbocycles. The van der Waals surface area contributed by atoms with Crippen LogP contribution in [0.5, 0.6) is 0 Å². The van der Waals surface area contributed by atoms with Crippen LogP contribution in [0.2, 0.25) is 0 Å². The first kappa shape index (κ1) is 18.2. The minimum Gasteiger partial charge on any atom is -0.468 e. The molecule has 0 amide bonds. The standard InChI is InChI=1S/C18H28NO3P/c1-4-5-11-18(17(20)22-2)15-19(12-13-23(18,3)21)14-16-9-7-6-8-10-16/h6-10H,4-5,11-15H2,1-3H3. The molecule has 4 nitrogen and oxygen atoms in total. The number of carbonyl (C=O) groups excluding carboxylic acids is 1. The maximum atomic E-state index is 13.3. The van der Waals surface area contributed by atoms with Gasteiger partial charge in [-0.1, -0.05) is 50.1 Å². The highest BCUT2D eigenvalue weighted by molar-refractivity contribution is 7.66. The van der Waals surface area contributed by atoms with E-state index in [9.17, 15) is 9.36 Å². The van der Waals surface area contributed by atoms with E-state index in [0.717, 1.165) is 25.9 Å². The van der Waals surface area contributed by atoms with Crippen molar-refractivity contribution in [2.75, 3.05) is 33.0 Å². The van der Waals surface area contributed by atoms with Crippen LogP contribution in [0.15, 0.2) is 30.3 Å². The Balaban J connectivity index is 2.25. The van der Waals surface area contributed by atoms with Gasteiger partial charge in [0.05, 0.1) is 7.11 Å². The summed E-state index contributed by atoms with van der Waals surface area (Å²) in [4.78, 5) is 14.8. The highest BCUT2D eigenvalue weighted by Gasteiger charge is 2.54. The quantitative estimate of drug-likeness (QED) is 0.588. The van der Waals surface area contributed by atoms with Gasteiger partial charge in [0, 0.05) is 25.8 Å². The van der Waals surface area contributed by atoms with Crippen molar-refractivity contribution in [1.82, 2.24) is 4.90 Å². The van der Waals surface area contributed by atoms with Crippen molar-refractivity contribution >= 4 is 13.1 Å². The van der Waals surface area contributed by atoms with E-state index in [4.69, 9.17) is 4.74 Å². The van der Waals surface area contributed by atoms with Crippen molar-refractivity contribution < 1.29 is 14.1 Å². The fourth-order valence-electron chi connectivity index (χ4n) is 3.46. The molecule has 1 aliphatic rings. The third-order valence-electron chi connectivity index (χ3n) is 4.99. The molecule has 2 unspecified atom stereocenters. The second kappa shape index (κ2) is 7.63. The van der Waals surface area contributed by atoms with E-state index >= 15 is 0 Å². The van der Waals surface area contributed by atoms with Gasteiger partial charge in [0.15, 0.2) is 0 Å². The lowest BCUT2D eigenvalue weighted by atomic mass is 9.99. The second-order valence-corrected chi connectivity index (χ2v) is 10.2. The molecule has 0 spiro atoms. The molecule has 0 bridgehead atoms. The van der Waals surface area contributed by atoms with E-state index in [0.29, 0.717) is 19.1 Å². The van der Waals surface area contributed by atoms with E-state index < -0.39 is 12.3 Å². The summed E-state index contributed by atoms with van der Waals surface area (Å²) in [5.74, 6) is -0.297. The third kappa shape index (κ3) is 3.87. The van der Waals surface area contributed by atoms with Crippen molar-refractivity contribution in [3.05, 3.63) is 35.9 Å². The number of unbranched alkanes of at least 4 members (excludes halogenated alkanes) is 1. The third-order valence-corrected chi connectivity index (χ3v) is 8.40. The van der Waals surface area contributed by atoms with Crippen molar-refractivity contribution in [3.63, 3.8) is 0 Å². The number of hydrogen-bond donors (Lipinski definition) is 0. The average molecular weight is 337 g/mol. The summed E-state index contributed by atoms with van der Waals surface area (Å²) in [6.45, 7) is 5.97. The lowest BCUT2D eigenvalue weighted by Gasteiger charge is -2.45. The van der Waals surface area contributed by atoms with Crippen LogP contribution in [0.3, 0.4) is 0 Å². The number of esters is 1. The maximum Gasteiger partial charge on any atom is 0.320 e. The largest absolute Gasteiger partial charge is 0.468 e. The Morgan fingerprint density at radius 2 is 2.04 bits per heavy atom. The monoisotopic (exact) mass is 337 g/mol. The van der Waals surface area contributed by atoms with Crippen molar-refractivity contribution in [2.24, 2.45) is 0 Å². The zero-order chi connectivity index (χ0) is 16.9. The van der Waals surface area contributed by atoms with Gasteiger partial charge in [0.1, 0.15) is 12.3 Å². The smallest absolute Gasteiger partial charge is 0.320 e. The summed E-state index contributed by atoms with van der Waals surface area (Å²) in [5.41, 5.74) is 1.22. The zero-order valence-electron chi connectivity index (χ0n) is 14.5. The molecular weight excluding hydrogens is 309 g/mol. The summed E-state index contributed by atoms with van der Waals surface area (Å²) in [6, 6.07) is 10.2. The van der Waals surface area contributed by atoms with E-state index in [-0.39, 0.29) is 5.97 Å². The molecular formula is C18H28NO3P. The van der Waals surface area contributed by atoms with Crippen LogP contribution < -0.4 is 0 Å². The van der Waals surface area contributed by atoms with E-state index in [1.54, 1.807) is 6.66 Å². The molecule has 2 atom stereocenters. The SMILES string of the molecule is CCCCC1(C(=O)OC)CN(Cc2ccccc2)CCP1(C)=O. The van der Waals surface area contributed by atoms with E-state index in [2.05, 4.69) is 24.0 Å². The van der Waals surface area contributed by atoms with Gasteiger partial charge < -0.3 is 9.30 Å². The van der Waals surface area contributed by atoms with E-state index in [1.807, 2.05) is 18.2 Å². The average Bonchev–Trinajstić information content (AvgIpc) is 2.55. The van der Waals surface area contributed by atoms with Gasteiger partial charge in [0.25, 0.3) is 0 Å². The van der Waals surface area contributed by atoms with Gasteiger partial charge in [-0.05, 0) is 18.6 Å². The number of methoxy groups -OCH3 is 1. The fourth-order valence-corrected chi connectivity index (χ4v) is 6.16. The number of ether oxygens (including phenoxy) is 1. The molecule has 1 fully saturated rings. The topological polar surface area (TPSA) is 46.6 Å². The van der Waals surface area contributed by atoms with Crippen LogP contribution in [0, 0.1) is 0 Å². The number of benzene rings is 1. The molecule has 23 heavy (non-hydrogen) atoms. The van der Waals surface area contributed by atoms with Crippen LogP contribution in [0.1, 0.15) is 31.7 Å². The Hall–Kier alpha value is -1.12. The normalized spacial score (nSPS) is 28.5. The molecule has 0 aromatic heterocycles. The van der Waals surface area contributed by atoms with Crippen molar-refractivity contribution in [1.29, 1.82) is 0 Å². The summed E-state index contributed by atoms with van der Waals surface area (Å²) in [6.07, 6.45) is 3.11. The van der Waals surface area contributed by atoms with Gasteiger partial charge >= 0.3 is 5.97 Å². The number of nitrogens with zero attached hydrogens (tertiary/aromatic N) is 1. The van der Waals surface area contributed by atoms with Crippen LogP contribution >= 0.6 is 7.14 Å². The van der Waals surface area contributed by atoms with Gasteiger partial charge in [-0.3, -0.25) is 9.69 Å². The molecule has 1 aliphatic heterocycles. The summed E-state index contributed by atoms with van der Waals surface area (Å²) >= 11 is 0. The van der Waals surface area contributed by atoms with Crippen LogP contribution in [-0.2, 0) is 20.6 Å². The Bertz CT molecular complexity index is 575. The summed E-state index contributed by atoms with van der Waals surface area (Å²) < 4.78 is 18.4. The molecule has 1 heterocycles. The number of rotatable bonds is 6. The molecule has 0 radical (unpaired) electrons. The molecule has 0 aliphatic carbocycles. The molecule has 128 valence electrons. The number of carbonyl (C=O) groups is 1. The Labute approximate surface area is 139 Å². The summed E-state index contributed by atoms with van der Waals surface area (Å²) in [7, 11) is -1.18. The van der Waals surface area contributed by atoms with Gasteiger partial charge in [-0.15, -0.1) is 0 Å². The second-order valence-electron chi connectivity index (χ2n) is 6.65. The Kier molecular flexibility index (Phi) is 6.05.